The van der Waals surface area contributed by atoms with Crippen LogP contribution in [0, 0.1) is 5.92 Å². The van der Waals surface area contributed by atoms with Crippen LogP contribution in [0.15, 0.2) is 12.4 Å². The molecular weight excluding hydrogens is 408 g/mol. The van der Waals surface area contributed by atoms with Crippen molar-refractivity contribution in [1.82, 2.24) is 29.5 Å². The van der Waals surface area contributed by atoms with Crippen LogP contribution in [0.5, 0.6) is 0 Å². The van der Waals surface area contributed by atoms with Crippen LogP contribution in [-0.2, 0) is 16.0 Å². The van der Waals surface area contributed by atoms with E-state index in [1.807, 2.05) is 4.57 Å². The second kappa shape index (κ2) is 8.29. The number of morpholine rings is 1. The summed E-state index contributed by atoms with van der Waals surface area (Å²) in [5, 5.41) is 3.34. The number of halogens is 1. The van der Waals surface area contributed by atoms with Crippen LogP contribution in [0.2, 0.25) is 5.28 Å². The van der Waals surface area contributed by atoms with Gasteiger partial charge in [-0.05, 0) is 18.0 Å². The summed E-state index contributed by atoms with van der Waals surface area (Å²) in [6.45, 7) is 4.99. The average Bonchev–Trinajstić information content (AvgIpc) is 3.42. The van der Waals surface area contributed by atoms with Crippen molar-refractivity contribution in [2.75, 3.05) is 56.8 Å². The number of nitrogens with zero attached hydrogens (tertiary/aromatic N) is 7. The molecule has 1 atom stereocenters. The van der Waals surface area contributed by atoms with Crippen LogP contribution >= 0.6 is 11.6 Å². The van der Waals surface area contributed by atoms with Crippen LogP contribution in [0.4, 0.5) is 11.8 Å². The fourth-order valence-electron chi connectivity index (χ4n) is 3.80. The maximum Gasteiger partial charge on any atom is 0.222 e. The van der Waals surface area contributed by atoms with Gasteiger partial charge >= 0.3 is 0 Å². The Morgan fingerprint density at radius 1 is 1.10 bits per heavy atom. The third-order valence-electron chi connectivity index (χ3n) is 5.44. The van der Waals surface area contributed by atoms with Gasteiger partial charge in [0.25, 0.3) is 0 Å². The molecule has 0 radical (unpaired) electrons. The molecule has 2 aliphatic heterocycles. The summed E-state index contributed by atoms with van der Waals surface area (Å²) >= 11 is 6.56. The van der Waals surface area contributed by atoms with Crippen LogP contribution in [0.1, 0.15) is 6.42 Å². The molecule has 5 rings (SSSR count). The minimum Gasteiger partial charge on any atom is -0.381 e. The van der Waals surface area contributed by atoms with E-state index in [2.05, 4.69) is 25.2 Å². The van der Waals surface area contributed by atoms with E-state index in [0.717, 1.165) is 49.8 Å². The van der Waals surface area contributed by atoms with Gasteiger partial charge in [-0.3, -0.25) is 4.57 Å². The average molecular weight is 431 g/mol. The molecule has 5 heterocycles. The zero-order valence-corrected chi connectivity index (χ0v) is 17.5. The summed E-state index contributed by atoms with van der Waals surface area (Å²) in [7, 11) is 1.78. The van der Waals surface area contributed by atoms with Crippen molar-refractivity contribution in [3.05, 3.63) is 17.7 Å². The number of aromatic nitrogens is 6. The maximum atomic E-state index is 6.56. The molecule has 0 bridgehead atoms. The monoisotopic (exact) mass is 430 g/mol. The number of fused-ring (bicyclic) bond motifs is 1. The minimum atomic E-state index is 0.392. The molecule has 0 saturated carbocycles. The highest BCUT2D eigenvalue weighted by Crippen LogP contribution is 2.31. The van der Waals surface area contributed by atoms with Gasteiger partial charge < -0.3 is 19.7 Å². The lowest BCUT2D eigenvalue weighted by atomic mass is 10.1. The largest absolute Gasteiger partial charge is 0.381 e. The van der Waals surface area contributed by atoms with Crippen LogP contribution in [0.25, 0.3) is 22.6 Å². The molecule has 0 spiro atoms. The first kappa shape index (κ1) is 19.4. The first-order valence-electron chi connectivity index (χ1n) is 10.1. The molecule has 30 heavy (non-hydrogen) atoms. The number of rotatable bonds is 5. The highest BCUT2D eigenvalue weighted by molar-refractivity contribution is 6.29. The number of hydrogen-bond acceptors (Lipinski definition) is 9. The Morgan fingerprint density at radius 3 is 2.60 bits per heavy atom. The van der Waals surface area contributed by atoms with Gasteiger partial charge in [-0.2, -0.15) is 0 Å². The van der Waals surface area contributed by atoms with Crippen molar-refractivity contribution >= 4 is 34.5 Å². The van der Waals surface area contributed by atoms with Crippen molar-refractivity contribution in [3.63, 3.8) is 0 Å². The second-order valence-electron chi connectivity index (χ2n) is 7.41. The first-order chi connectivity index (χ1) is 14.7. The highest BCUT2D eigenvalue weighted by atomic mass is 35.5. The Morgan fingerprint density at radius 2 is 1.90 bits per heavy atom. The molecule has 2 aliphatic rings. The summed E-state index contributed by atoms with van der Waals surface area (Å²) < 4.78 is 13.0. The Hall–Kier alpha value is -2.56. The number of ether oxygens (including phenoxy) is 2. The van der Waals surface area contributed by atoms with E-state index < -0.39 is 0 Å². The van der Waals surface area contributed by atoms with Crippen molar-refractivity contribution in [2.24, 2.45) is 5.92 Å². The van der Waals surface area contributed by atoms with Gasteiger partial charge in [0.05, 0.1) is 25.4 Å². The summed E-state index contributed by atoms with van der Waals surface area (Å²) in [5.74, 6) is 2.25. The van der Waals surface area contributed by atoms with E-state index in [9.17, 15) is 0 Å². The van der Waals surface area contributed by atoms with E-state index >= 15 is 0 Å². The van der Waals surface area contributed by atoms with Crippen molar-refractivity contribution < 1.29 is 9.47 Å². The Kier molecular flexibility index (Phi) is 5.36. The third-order valence-corrected chi connectivity index (χ3v) is 5.73. The number of nitrogens with one attached hydrogen (secondary N) is 1. The molecule has 1 unspecified atom stereocenters. The van der Waals surface area contributed by atoms with Gasteiger partial charge in [0.2, 0.25) is 11.2 Å². The molecule has 0 amide bonds. The quantitative estimate of drug-likeness (QED) is 0.607. The van der Waals surface area contributed by atoms with Crippen molar-refractivity contribution in [2.45, 2.75) is 13.0 Å². The maximum absolute atomic E-state index is 6.56. The lowest BCUT2D eigenvalue weighted by Gasteiger charge is -2.28. The summed E-state index contributed by atoms with van der Waals surface area (Å²) in [4.78, 5) is 25.1. The summed E-state index contributed by atoms with van der Waals surface area (Å²) in [5.41, 5.74) is 2.16. The molecule has 11 heteroatoms. The molecule has 3 aromatic heterocycles. The SMILES string of the molecule is CNc1ncc(-c2nc(N3CCOCC3)c3nc(Cl)n(CC4CCOC4)c3n2)cn1. The molecule has 3 aromatic rings. The predicted molar refractivity (Wildman–Crippen MR) is 113 cm³/mol. The summed E-state index contributed by atoms with van der Waals surface area (Å²) in [6.07, 6.45) is 4.44. The van der Waals surface area contributed by atoms with Gasteiger partial charge in [0.15, 0.2) is 22.8 Å². The van der Waals surface area contributed by atoms with E-state index in [1.165, 1.54) is 0 Å². The predicted octanol–water partition coefficient (Wildman–Crippen LogP) is 1.85. The minimum absolute atomic E-state index is 0.392. The normalized spacial score (nSPS) is 19.5. The molecule has 0 aliphatic carbocycles. The fourth-order valence-corrected chi connectivity index (χ4v) is 4.04. The summed E-state index contributed by atoms with van der Waals surface area (Å²) in [6, 6.07) is 0. The third kappa shape index (κ3) is 3.66. The van der Waals surface area contributed by atoms with Gasteiger partial charge in [-0.25, -0.2) is 24.9 Å². The highest BCUT2D eigenvalue weighted by Gasteiger charge is 2.25. The Balaban J connectivity index is 1.63. The number of hydrogen-bond donors (Lipinski definition) is 1. The fraction of sp³-hybridized carbons (Fsp3) is 0.526. The Labute approximate surface area is 178 Å². The van der Waals surface area contributed by atoms with Gasteiger partial charge in [-0.1, -0.05) is 0 Å². The van der Waals surface area contributed by atoms with Crippen molar-refractivity contribution in [3.8, 4) is 11.4 Å². The van der Waals surface area contributed by atoms with Crippen molar-refractivity contribution in [1.29, 1.82) is 0 Å². The second-order valence-corrected chi connectivity index (χ2v) is 7.75. The topological polar surface area (TPSA) is 103 Å². The zero-order chi connectivity index (χ0) is 20.5. The van der Waals surface area contributed by atoms with E-state index in [0.29, 0.717) is 48.2 Å². The van der Waals surface area contributed by atoms with Crippen LogP contribution in [0.3, 0.4) is 0 Å². The zero-order valence-electron chi connectivity index (χ0n) is 16.7. The smallest absolute Gasteiger partial charge is 0.222 e. The number of imidazole rings is 1. The molecule has 1 N–H and O–H groups in total. The van der Waals surface area contributed by atoms with Crippen LogP contribution < -0.4 is 10.2 Å². The lowest BCUT2D eigenvalue weighted by Crippen LogP contribution is -2.37. The molecular formula is C19H23ClN8O2. The standard InChI is InChI=1S/C19H23ClN8O2/c1-21-19-22-8-13(9-23-19)15-25-16(27-3-6-29-7-4-27)14-17(26-15)28(18(20)24-14)10-12-2-5-30-11-12/h8-9,12H,2-7,10-11H2,1H3,(H,21,22,23). The van der Waals surface area contributed by atoms with Crippen LogP contribution in [-0.4, -0.2) is 76.1 Å². The lowest BCUT2D eigenvalue weighted by molar-refractivity contribution is 0.122. The molecule has 158 valence electrons. The van der Waals surface area contributed by atoms with Gasteiger partial charge in [-0.15, -0.1) is 0 Å². The molecule has 0 aromatic carbocycles. The van der Waals surface area contributed by atoms with E-state index in [4.69, 9.17) is 31.0 Å². The molecule has 10 nitrogen and oxygen atoms in total. The van der Waals surface area contributed by atoms with E-state index in [-0.39, 0.29) is 0 Å². The van der Waals surface area contributed by atoms with Gasteiger partial charge in [0.1, 0.15) is 0 Å². The first-order valence-corrected chi connectivity index (χ1v) is 10.4. The number of anilines is 2. The molecule has 2 saturated heterocycles. The molecule has 2 fully saturated rings. The van der Waals surface area contributed by atoms with Gasteiger partial charge in [0, 0.05) is 51.6 Å². The van der Waals surface area contributed by atoms with E-state index in [1.54, 1.807) is 19.4 Å². The Bertz CT molecular complexity index is 1030.